The van der Waals surface area contributed by atoms with E-state index in [0.29, 0.717) is 10.6 Å². The fourth-order valence-electron chi connectivity index (χ4n) is 1.58. The minimum absolute atomic E-state index is 0.288. The van der Waals surface area contributed by atoms with Gasteiger partial charge in [-0.25, -0.2) is 0 Å². The zero-order valence-corrected chi connectivity index (χ0v) is 9.55. The molecule has 0 radical (unpaired) electrons. The normalized spacial score (nSPS) is 14.1. The van der Waals surface area contributed by atoms with Crippen LogP contribution in [0.15, 0.2) is 24.3 Å². The Morgan fingerprint density at radius 2 is 2.12 bits per heavy atom. The van der Waals surface area contributed by atoms with Crippen molar-refractivity contribution in [2.75, 3.05) is 6.54 Å². The molecule has 0 spiro atoms. The molecule has 86 valence electrons. The molecule has 16 heavy (non-hydrogen) atoms. The molecule has 4 nitrogen and oxygen atoms in total. The quantitative estimate of drug-likeness (QED) is 0.452. The van der Waals surface area contributed by atoms with Gasteiger partial charge in [-0.1, -0.05) is 36.7 Å². The summed E-state index contributed by atoms with van der Waals surface area (Å²) < 4.78 is 0. The monoisotopic (exact) mass is 241 g/mol. The number of nitrogens with zero attached hydrogens (tertiary/aromatic N) is 1. The van der Waals surface area contributed by atoms with Gasteiger partial charge in [0.25, 0.3) is 0 Å². The molecule has 5 heteroatoms. The first-order valence-electron chi connectivity index (χ1n) is 4.87. The molecule has 2 atom stereocenters. The Labute approximate surface area is 98.4 Å². The third-order valence-electron chi connectivity index (χ3n) is 2.50. The van der Waals surface area contributed by atoms with Gasteiger partial charge >= 0.3 is 0 Å². The maximum absolute atomic E-state index is 10.7. The van der Waals surface area contributed by atoms with E-state index in [1.54, 1.807) is 31.2 Å². The Balaban J connectivity index is 3.05. The molecule has 1 rings (SSSR count). The van der Waals surface area contributed by atoms with E-state index in [1.165, 1.54) is 0 Å². The Kier molecular flexibility index (Phi) is 4.43. The lowest BCUT2D eigenvalue weighted by Crippen LogP contribution is -2.20. The van der Waals surface area contributed by atoms with Crippen molar-refractivity contribution in [3.8, 4) is 0 Å². The number of carbonyl (C=O) groups excluding carboxylic acids is 1. The summed E-state index contributed by atoms with van der Waals surface area (Å²) in [6.07, 6.45) is 0.720. The van der Waals surface area contributed by atoms with Crippen LogP contribution in [-0.2, 0) is 4.79 Å². The van der Waals surface area contributed by atoms with Gasteiger partial charge in [0.15, 0.2) is 0 Å². The summed E-state index contributed by atoms with van der Waals surface area (Å²) in [5.41, 5.74) is 0.653. The third kappa shape index (κ3) is 3.03. The minimum Gasteiger partial charge on any atom is -0.303 e. The average molecular weight is 242 g/mol. The van der Waals surface area contributed by atoms with Gasteiger partial charge in [-0.2, -0.15) is 0 Å². The largest absolute Gasteiger partial charge is 0.303 e. The first kappa shape index (κ1) is 12.6. The summed E-state index contributed by atoms with van der Waals surface area (Å²) in [4.78, 5) is 20.9. The Bertz CT molecular complexity index is 395. The number of aldehydes is 1. The molecular weight excluding hydrogens is 230 g/mol. The molecule has 0 saturated heterocycles. The molecule has 0 heterocycles. The molecule has 0 fully saturated rings. The summed E-state index contributed by atoms with van der Waals surface area (Å²) in [5, 5.41) is 11.0. The van der Waals surface area contributed by atoms with Crippen molar-refractivity contribution in [1.82, 2.24) is 0 Å². The highest BCUT2D eigenvalue weighted by Gasteiger charge is 2.25. The van der Waals surface area contributed by atoms with Crippen molar-refractivity contribution in [3.05, 3.63) is 45.0 Å². The van der Waals surface area contributed by atoms with E-state index in [2.05, 4.69) is 0 Å². The van der Waals surface area contributed by atoms with Gasteiger partial charge < -0.3 is 4.79 Å². The van der Waals surface area contributed by atoms with E-state index >= 15 is 0 Å². The summed E-state index contributed by atoms with van der Waals surface area (Å²) in [6, 6.07) is 6.89. The lowest BCUT2D eigenvalue weighted by molar-refractivity contribution is -0.484. The van der Waals surface area contributed by atoms with Crippen LogP contribution in [0.4, 0.5) is 0 Å². The first-order chi connectivity index (χ1) is 7.56. The second kappa shape index (κ2) is 5.61. The highest BCUT2D eigenvalue weighted by Crippen LogP contribution is 2.29. The zero-order valence-electron chi connectivity index (χ0n) is 8.80. The van der Waals surface area contributed by atoms with Crippen LogP contribution in [0.2, 0.25) is 5.02 Å². The van der Waals surface area contributed by atoms with E-state index in [1.807, 2.05) is 0 Å². The van der Waals surface area contributed by atoms with Crippen LogP contribution in [0.5, 0.6) is 0 Å². The molecule has 1 aromatic carbocycles. The molecule has 0 amide bonds. The summed E-state index contributed by atoms with van der Waals surface area (Å²) in [6.45, 7) is 1.37. The number of carbonyl (C=O) groups is 1. The lowest BCUT2D eigenvalue weighted by Gasteiger charge is -2.17. The predicted molar refractivity (Wildman–Crippen MR) is 61.3 cm³/mol. The maximum atomic E-state index is 10.7. The van der Waals surface area contributed by atoms with Crippen molar-refractivity contribution >= 4 is 17.9 Å². The third-order valence-corrected chi connectivity index (χ3v) is 2.84. The SMILES string of the molecule is C[C@@H](C=O)[C@H](C[N+](=O)[O-])c1ccccc1Cl. The van der Waals surface area contributed by atoms with Crippen LogP contribution >= 0.6 is 11.6 Å². The maximum Gasteiger partial charge on any atom is 0.211 e. The number of rotatable bonds is 5. The van der Waals surface area contributed by atoms with Crippen molar-refractivity contribution < 1.29 is 9.72 Å². The fraction of sp³-hybridized carbons (Fsp3) is 0.364. The van der Waals surface area contributed by atoms with E-state index in [-0.39, 0.29) is 6.54 Å². The smallest absolute Gasteiger partial charge is 0.211 e. The molecule has 0 aromatic heterocycles. The summed E-state index contributed by atoms with van der Waals surface area (Å²) in [7, 11) is 0. The number of halogens is 1. The van der Waals surface area contributed by atoms with Crippen molar-refractivity contribution in [2.45, 2.75) is 12.8 Å². The number of nitro groups is 1. The molecule has 0 aliphatic heterocycles. The molecule has 1 aromatic rings. The van der Waals surface area contributed by atoms with Gasteiger partial charge in [0, 0.05) is 15.9 Å². The fourth-order valence-corrected chi connectivity index (χ4v) is 1.85. The summed E-state index contributed by atoms with van der Waals surface area (Å²) in [5.74, 6) is -0.897. The highest BCUT2D eigenvalue weighted by atomic mass is 35.5. The number of hydrogen-bond acceptors (Lipinski definition) is 3. The highest BCUT2D eigenvalue weighted by molar-refractivity contribution is 6.31. The van der Waals surface area contributed by atoms with Crippen molar-refractivity contribution in [3.63, 3.8) is 0 Å². The van der Waals surface area contributed by atoms with Crippen LogP contribution in [0.3, 0.4) is 0 Å². The topological polar surface area (TPSA) is 60.2 Å². The van der Waals surface area contributed by atoms with Crippen LogP contribution < -0.4 is 0 Å². The number of hydrogen-bond donors (Lipinski definition) is 0. The molecule has 0 bridgehead atoms. The molecule has 0 saturated carbocycles. The van der Waals surface area contributed by atoms with Gasteiger partial charge in [0.1, 0.15) is 6.29 Å². The Hall–Kier alpha value is -1.42. The Morgan fingerprint density at radius 3 is 2.62 bits per heavy atom. The van der Waals surface area contributed by atoms with Crippen molar-refractivity contribution in [2.24, 2.45) is 5.92 Å². The molecule has 0 aliphatic carbocycles. The standard InChI is InChI=1S/C11H12ClNO3/c1-8(7-14)10(6-13(15)16)9-4-2-3-5-11(9)12/h2-5,7-8,10H,6H2,1H3/t8-,10-/m0/s1. The van der Waals surface area contributed by atoms with E-state index in [0.717, 1.165) is 6.29 Å². The van der Waals surface area contributed by atoms with Gasteiger partial charge in [0.2, 0.25) is 6.54 Å². The first-order valence-corrected chi connectivity index (χ1v) is 5.25. The average Bonchev–Trinajstić information content (AvgIpc) is 2.26. The van der Waals surface area contributed by atoms with Crippen LogP contribution in [0, 0.1) is 16.0 Å². The molecular formula is C11H12ClNO3. The van der Waals surface area contributed by atoms with Crippen LogP contribution in [-0.4, -0.2) is 17.8 Å². The molecule has 0 unspecified atom stereocenters. The van der Waals surface area contributed by atoms with E-state index in [9.17, 15) is 14.9 Å². The molecule has 0 aliphatic rings. The second-order valence-electron chi connectivity index (χ2n) is 3.64. The zero-order chi connectivity index (χ0) is 12.1. The van der Waals surface area contributed by atoms with Gasteiger partial charge in [-0.15, -0.1) is 0 Å². The van der Waals surface area contributed by atoms with Gasteiger partial charge in [-0.3, -0.25) is 10.1 Å². The molecule has 0 N–H and O–H groups in total. The Morgan fingerprint density at radius 1 is 1.50 bits per heavy atom. The minimum atomic E-state index is -0.471. The van der Waals surface area contributed by atoms with Crippen LogP contribution in [0.1, 0.15) is 18.4 Å². The van der Waals surface area contributed by atoms with Crippen molar-refractivity contribution in [1.29, 1.82) is 0 Å². The summed E-state index contributed by atoms with van der Waals surface area (Å²) >= 11 is 5.96. The van der Waals surface area contributed by atoms with Gasteiger partial charge in [0.05, 0.1) is 5.92 Å². The second-order valence-corrected chi connectivity index (χ2v) is 4.05. The number of benzene rings is 1. The van der Waals surface area contributed by atoms with E-state index in [4.69, 9.17) is 11.6 Å². The van der Waals surface area contributed by atoms with Gasteiger partial charge in [-0.05, 0) is 11.6 Å². The van der Waals surface area contributed by atoms with Crippen LogP contribution in [0.25, 0.3) is 0 Å². The lowest BCUT2D eigenvalue weighted by atomic mass is 9.88. The predicted octanol–water partition coefficient (Wildman–Crippen LogP) is 2.54. The van der Waals surface area contributed by atoms with E-state index < -0.39 is 16.8 Å².